The van der Waals surface area contributed by atoms with Gasteiger partial charge in [0.25, 0.3) is 0 Å². The SMILES string of the molecule is CCCCCCCCCCCCCCCC(=O)OC1CCC2(C)C(=CCC3C2CCC2(C)C(C(C)=O)CCC32)C1. The van der Waals surface area contributed by atoms with Crippen molar-refractivity contribution < 1.29 is 14.3 Å². The number of carbonyl (C=O) groups excluding carboxylic acids is 2. The summed E-state index contributed by atoms with van der Waals surface area (Å²) in [6.45, 7) is 9.06. The Labute approximate surface area is 247 Å². The number of ketones is 1. The van der Waals surface area contributed by atoms with Crippen LogP contribution in [0.15, 0.2) is 11.6 Å². The van der Waals surface area contributed by atoms with Gasteiger partial charge in [0, 0.05) is 18.8 Å². The Morgan fingerprint density at radius 3 is 2.05 bits per heavy atom. The molecule has 3 heteroatoms. The van der Waals surface area contributed by atoms with Gasteiger partial charge in [0.1, 0.15) is 11.9 Å². The number of carbonyl (C=O) groups is 2. The average molecular weight is 555 g/mol. The highest BCUT2D eigenvalue weighted by atomic mass is 16.5. The van der Waals surface area contributed by atoms with E-state index in [2.05, 4.69) is 26.8 Å². The highest BCUT2D eigenvalue weighted by Crippen LogP contribution is 2.66. The van der Waals surface area contributed by atoms with Gasteiger partial charge in [-0.3, -0.25) is 9.59 Å². The van der Waals surface area contributed by atoms with Gasteiger partial charge in [-0.15, -0.1) is 0 Å². The fraction of sp³-hybridized carbons (Fsp3) is 0.892. The predicted molar refractivity (Wildman–Crippen MR) is 166 cm³/mol. The van der Waals surface area contributed by atoms with E-state index in [4.69, 9.17) is 4.74 Å². The predicted octanol–water partition coefficient (Wildman–Crippen LogP) is 10.5. The summed E-state index contributed by atoms with van der Waals surface area (Å²) >= 11 is 0. The van der Waals surface area contributed by atoms with Crippen LogP contribution in [0.2, 0.25) is 0 Å². The zero-order valence-electron chi connectivity index (χ0n) is 26.7. The van der Waals surface area contributed by atoms with E-state index in [1.165, 1.54) is 96.3 Å². The Morgan fingerprint density at radius 1 is 0.800 bits per heavy atom. The van der Waals surface area contributed by atoms with E-state index in [0.29, 0.717) is 18.1 Å². The largest absolute Gasteiger partial charge is 0.462 e. The average Bonchev–Trinajstić information content (AvgIpc) is 3.29. The first-order valence-corrected chi connectivity index (χ1v) is 17.7. The standard InChI is InChI=1S/C37H62O3/c1-5-6-7-8-9-10-11-12-13-14-15-16-17-18-35(39)40-30-23-25-36(3)29(27-30)19-20-31-33-22-21-32(28(2)38)37(33,4)26-24-34(31)36/h19,30-34H,5-18,20-27H2,1-4H3. The fourth-order valence-corrected chi connectivity index (χ4v) is 9.93. The minimum absolute atomic E-state index is 0.0284. The third-order valence-corrected chi connectivity index (χ3v) is 12.3. The fourth-order valence-electron chi connectivity index (χ4n) is 9.93. The quantitative estimate of drug-likeness (QED) is 0.108. The van der Waals surface area contributed by atoms with E-state index >= 15 is 0 Å². The molecule has 0 heterocycles. The zero-order valence-corrected chi connectivity index (χ0v) is 26.7. The second-order valence-electron chi connectivity index (χ2n) is 14.9. The molecule has 0 N–H and O–H groups in total. The number of esters is 1. The van der Waals surface area contributed by atoms with Crippen LogP contribution in [0.5, 0.6) is 0 Å². The summed E-state index contributed by atoms with van der Waals surface area (Å²) < 4.78 is 6.04. The van der Waals surface area contributed by atoms with E-state index in [-0.39, 0.29) is 28.8 Å². The summed E-state index contributed by atoms with van der Waals surface area (Å²) in [5.74, 6) is 2.89. The lowest BCUT2D eigenvalue weighted by Crippen LogP contribution is -2.51. The van der Waals surface area contributed by atoms with Gasteiger partial charge in [-0.05, 0) is 86.9 Å². The van der Waals surface area contributed by atoms with Crippen molar-refractivity contribution in [1.29, 1.82) is 0 Å². The molecule has 0 saturated heterocycles. The Kier molecular flexibility index (Phi) is 11.8. The first kappa shape index (κ1) is 31.8. The minimum Gasteiger partial charge on any atom is -0.462 e. The second-order valence-corrected chi connectivity index (χ2v) is 14.9. The third-order valence-electron chi connectivity index (χ3n) is 12.3. The van der Waals surface area contributed by atoms with Crippen molar-refractivity contribution in [2.24, 2.45) is 34.5 Å². The molecule has 0 bridgehead atoms. The molecule has 7 atom stereocenters. The van der Waals surface area contributed by atoms with Gasteiger partial charge in [-0.2, -0.15) is 0 Å². The van der Waals surface area contributed by atoms with Gasteiger partial charge in [0.2, 0.25) is 0 Å². The van der Waals surface area contributed by atoms with Crippen LogP contribution in [0.3, 0.4) is 0 Å². The first-order valence-electron chi connectivity index (χ1n) is 17.7. The maximum absolute atomic E-state index is 12.7. The van der Waals surface area contributed by atoms with Crippen LogP contribution in [0.1, 0.15) is 169 Å². The van der Waals surface area contributed by atoms with Crippen LogP contribution in [0.4, 0.5) is 0 Å². The van der Waals surface area contributed by atoms with Gasteiger partial charge in [-0.1, -0.05) is 109 Å². The molecule has 0 radical (unpaired) electrons. The third kappa shape index (κ3) is 7.44. The molecule has 0 spiro atoms. The maximum Gasteiger partial charge on any atom is 0.306 e. The topological polar surface area (TPSA) is 43.4 Å². The van der Waals surface area contributed by atoms with Crippen molar-refractivity contribution in [2.75, 3.05) is 0 Å². The summed E-state index contributed by atoms with van der Waals surface area (Å²) in [6.07, 6.45) is 29.6. The lowest BCUT2D eigenvalue weighted by Gasteiger charge is -2.58. The van der Waals surface area contributed by atoms with Crippen molar-refractivity contribution in [3.8, 4) is 0 Å². The molecular formula is C37H62O3. The maximum atomic E-state index is 12.7. The molecule has 3 saturated carbocycles. The zero-order chi connectivity index (χ0) is 28.6. The monoisotopic (exact) mass is 554 g/mol. The summed E-state index contributed by atoms with van der Waals surface area (Å²) in [6, 6.07) is 0. The Morgan fingerprint density at radius 2 is 1.43 bits per heavy atom. The summed E-state index contributed by atoms with van der Waals surface area (Å²) in [4.78, 5) is 25.1. The van der Waals surface area contributed by atoms with Crippen LogP contribution >= 0.6 is 0 Å². The van der Waals surface area contributed by atoms with Gasteiger partial charge in [0.15, 0.2) is 0 Å². The summed E-state index contributed by atoms with van der Waals surface area (Å²) in [7, 11) is 0. The minimum atomic E-state index is 0.0284. The van der Waals surface area contributed by atoms with E-state index in [0.717, 1.165) is 50.4 Å². The van der Waals surface area contributed by atoms with E-state index in [9.17, 15) is 9.59 Å². The summed E-state index contributed by atoms with van der Waals surface area (Å²) in [5.41, 5.74) is 2.05. The molecule has 0 aromatic carbocycles. The molecule has 228 valence electrons. The Balaban J connectivity index is 1.12. The molecule has 3 nitrogen and oxygen atoms in total. The molecule has 4 aliphatic rings. The van der Waals surface area contributed by atoms with Crippen LogP contribution in [0.25, 0.3) is 0 Å². The van der Waals surface area contributed by atoms with Gasteiger partial charge in [0.05, 0.1) is 0 Å². The normalized spacial score (nSPS) is 34.9. The van der Waals surface area contributed by atoms with Crippen LogP contribution in [-0.4, -0.2) is 17.9 Å². The molecule has 4 rings (SSSR count). The molecule has 7 unspecified atom stereocenters. The van der Waals surface area contributed by atoms with Crippen LogP contribution < -0.4 is 0 Å². The van der Waals surface area contributed by atoms with Crippen molar-refractivity contribution in [3.63, 3.8) is 0 Å². The molecular weight excluding hydrogens is 492 g/mol. The summed E-state index contributed by atoms with van der Waals surface area (Å²) in [5, 5.41) is 0. The van der Waals surface area contributed by atoms with Gasteiger partial charge >= 0.3 is 5.97 Å². The highest BCUT2D eigenvalue weighted by Gasteiger charge is 2.59. The molecule has 0 aromatic rings. The second kappa shape index (κ2) is 14.9. The number of Topliss-reactive ketones (excluding diaryl/α,β-unsaturated/α-hetero) is 1. The number of hydrogen-bond donors (Lipinski definition) is 0. The molecule has 0 aliphatic heterocycles. The molecule has 3 fully saturated rings. The number of unbranched alkanes of at least 4 members (excludes halogenated alkanes) is 12. The number of allylic oxidation sites excluding steroid dienone is 1. The molecule has 0 aromatic heterocycles. The van der Waals surface area contributed by atoms with Crippen molar-refractivity contribution in [3.05, 3.63) is 11.6 Å². The lowest BCUT2D eigenvalue weighted by molar-refractivity contribution is -0.151. The van der Waals surface area contributed by atoms with E-state index < -0.39 is 0 Å². The van der Waals surface area contributed by atoms with Crippen molar-refractivity contribution >= 4 is 11.8 Å². The molecule has 40 heavy (non-hydrogen) atoms. The number of fused-ring (bicyclic) bond motifs is 5. The van der Waals surface area contributed by atoms with E-state index in [1.54, 1.807) is 5.57 Å². The number of ether oxygens (including phenoxy) is 1. The van der Waals surface area contributed by atoms with Crippen LogP contribution in [-0.2, 0) is 14.3 Å². The van der Waals surface area contributed by atoms with Crippen molar-refractivity contribution in [2.45, 2.75) is 175 Å². The Hall–Kier alpha value is -1.12. The number of rotatable bonds is 16. The van der Waals surface area contributed by atoms with Gasteiger partial charge in [-0.25, -0.2) is 0 Å². The van der Waals surface area contributed by atoms with Gasteiger partial charge < -0.3 is 4.74 Å². The van der Waals surface area contributed by atoms with Crippen LogP contribution in [0, 0.1) is 34.5 Å². The molecule has 4 aliphatic carbocycles. The lowest BCUT2D eigenvalue weighted by atomic mass is 9.47. The smallest absolute Gasteiger partial charge is 0.306 e. The number of hydrogen-bond acceptors (Lipinski definition) is 3. The molecule has 0 amide bonds. The van der Waals surface area contributed by atoms with E-state index in [1.807, 2.05) is 6.92 Å². The highest BCUT2D eigenvalue weighted by molar-refractivity contribution is 5.79. The van der Waals surface area contributed by atoms with Crippen molar-refractivity contribution in [1.82, 2.24) is 0 Å². The Bertz CT molecular complexity index is 859. The first-order chi connectivity index (χ1) is 19.3.